The largest absolute Gasteiger partial charge is 0.313 e. The molecule has 0 aromatic heterocycles. The maximum absolute atomic E-state index is 3.84. The number of likely N-dealkylation sites (tertiary alicyclic amines) is 1. The van der Waals surface area contributed by atoms with E-state index in [1.807, 2.05) is 0 Å². The Morgan fingerprint density at radius 1 is 1.19 bits per heavy atom. The molecule has 94 valence electrons. The van der Waals surface area contributed by atoms with Crippen LogP contribution in [0.3, 0.4) is 0 Å². The van der Waals surface area contributed by atoms with Crippen molar-refractivity contribution >= 4 is 0 Å². The molecule has 1 aliphatic carbocycles. The fourth-order valence-corrected chi connectivity index (χ4v) is 3.48. The van der Waals surface area contributed by atoms with Crippen LogP contribution in [0.5, 0.6) is 0 Å². The van der Waals surface area contributed by atoms with Gasteiger partial charge in [-0.2, -0.15) is 0 Å². The predicted molar refractivity (Wildman–Crippen MR) is 69.6 cm³/mol. The van der Waals surface area contributed by atoms with E-state index in [4.69, 9.17) is 0 Å². The van der Waals surface area contributed by atoms with Crippen LogP contribution in [0.15, 0.2) is 0 Å². The molecule has 0 aromatic carbocycles. The van der Waals surface area contributed by atoms with Crippen molar-refractivity contribution in [1.29, 1.82) is 0 Å². The first-order valence-electron chi connectivity index (χ1n) is 7.29. The Hall–Kier alpha value is -0.0800. The lowest BCUT2D eigenvalue weighted by Crippen LogP contribution is -2.36. The van der Waals surface area contributed by atoms with Crippen molar-refractivity contribution in [3.05, 3.63) is 0 Å². The molecule has 3 atom stereocenters. The SMILES string of the molecule is CCC1CCCC1NCC1CCN(CC)C1. The van der Waals surface area contributed by atoms with Gasteiger partial charge in [-0.15, -0.1) is 0 Å². The zero-order valence-corrected chi connectivity index (χ0v) is 11.0. The second-order valence-electron chi connectivity index (χ2n) is 5.66. The molecule has 0 bridgehead atoms. The van der Waals surface area contributed by atoms with Crippen molar-refractivity contribution in [3.8, 4) is 0 Å². The molecule has 16 heavy (non-hydrogen) atoms. The summed E-state index contributed by atoms with van der Waals surface area (Å²) in [5, 5.41) is 3.84. The van der Waals surface area contributed by atoms with Crippen LogP contribution in [-0.2, 0) is 0 Å². The fraction of sp³-hybridized carbons (Fsp3) is 1.00. The lowest BCUT2D eigenvalue weighted by atomic mass is 10.00. The van der Waals surface area contributed by atoms with E-state index in [-0.39, 0.29) is 0 Å². The Labute approximate surface area is 101 Å². The van der Waals surface area contributed by atoms with Crippen molar-refractivity contribution in [2.75, 3.05) is 26.2 Å². The van der Waals surface area contributed by atoms with E-state index in [9.17, 15) is 0 Å². The molecule has 2 fully saturated rings. The summed E-state index contributed by atoms with van der Waals surface area (Å²) in [4.78, 5) is 2.58. The molecule has 2 nitrogen and oxygen atoms in total. The van der Waals surface area contributed by atoms with Gasteiger partial charge < -0.3 is 10.2 Å². The predicted octanol–water partition coefficient (Wildman–Crippen LogP) is 2.50. The second kappa shape index (κ2) is 6.02. The number of nitrogens with zero attached hydrogens (tertiary/aromatic N) is 1. The Morgan fingerprint density at radius 3 is 2.75 bits per heavy atom. The molecule has 1 saturated heterocycles. The maximum Gasteiger partial charge on any atom is 0.00953 e. The van der Waals surface area contributed by atoms with E-state index < -0.39 is 0 Å². The zero-order valence-electron chi connectivity index (χ0n) is 11.0. The molecule has 2 aliphatic rings. The molecule has 1 aliphatic heterocycles. The minimum Gasteiger partial charge on any atom is -0.313 e. The average Bonchev–Trinajstić information content (AvgIpc) is 2.94. The number of rotatable bonds is 5. The highest BCUT2D eigenvalue weighted by molar-refractivity contribution is 4.84. The minimum absolute atomic E-state index is 0.834. The van der Waals surface area contributed by atoms with Crippen LogP contribution in [0.1, 0.15) is 46.0 Å². The first-order valence-corrected chi connectivity index (χ1v) is 7.29. The second-order valence-corrected chi connectivity index (χ2v) is 5.66. The molecular formula is C14H28N2. The molecule has 1 N–H and O–H groups in total. The highest BCUT2D eigenvalue weighted by Crippen LogP contribution is 2.28. The van der Waals surface area contributed by atoms with Crippen molar-refractivity contribution in [1.82, 2.24) is 10.2 Å². The van der Waals surface area contributed by atoms with E-state index in [2.05, 4.69) is 24.1 Å². The summed E-state index contributed by atoms with van der Waals surface area (Å²) in [5.41, 5.74) is 0. The summed E-state index contributed by atoms with van der Waals surface area (Å²) in [7, 11) is 0. The van der Waals surface area contributed by atoms with Gasteiger partial charge in [-0.05, 0) is 50.7 Å². The molecule has 2 heteroatoms. The van der Waals surface area contributed by atoms with Crippen LogP contribution in [0.25, 0.3) is 0 Å². The van der Waals surface area contributed by atoms with Crippen molar-refractivity contribution in [3.63, 3.8) is 0 Å². The molecular weight excluding hydrogens is 196 g/mol. The third-order valence-electron chi connectivity index (χ3n) is 4.67. The molecule has 3 unspecified atom stereocenters. The summed E-state index contributed by atoms with van der Waals surface area (Å²) in [6.07, 6.45) is 7.10. The van der Waals surface area contributed by atoms with Crippen molar-refractivity contribution < 1.29 is 0 Å². The summed E-state index contributed by atoms with van der Waals surface area (Å²) in [6, 6.07) is 0.834. The summed E-state index contributed by atoms with van der Waals surface area (Å²) in [5.74, 6) is 1.88. The van der Waals surface area contributed by atoms with Crippen LogP contribution in [-0.4, -0.2) is 37.1 Å². The smallest absolute Gasteiger partial charge is 0.00953 e. The molecule has 0 amide bonds. The van der Waals surface area contributed by atoms with E-state index in [0.717, 1.165) is 17.9 Å². The van der Waals surface area contributed by atoms with Gasteiger partial charge in [0.15, 0.2) is 0 Å². The Balaban J connectivity index is 1.67. The van der Waals surface area contributed by atoms with Gasteiger partial charge in [-0.3, -0.25) is 0 Å². The molecule has 0 aromatic rings. The Kier molecular flexibility index (Phi) is 4.66. The van der Waals surface area contributed by atoms with Gasteiger partial charge in [0, 0.05) is 12.6 Å². The molecule has 1 saturated carbocycles. The Bertz CT molecular complexity index is 205. The molecule has 0 radical (unpaired) electrons. The number of nitrogens with one attached hydrogen (secondary N) is 1. The van der Waals surface area contributed by atoms with Gasteiger partial charge in [0.2, 0.25) is 0 Å². The monoisotopic (exact) mass is 224 g/mol. The summed E-state index contributed by atoms with van der Waals surface area (Å²) in [6.45, 7) is 9.77. The summed E-state index contributed by atoms with van der Waals surface area (Å²) < 4.78 is 0. The molecule has 0 spiro atoms. The topological polar surface area (TPSA) is 15.3 Å². The normalized spacial score (nSPS) is 36.0. The third-order valence-corrected chi connectivity index (χ3v) is 4.67. The van der Waals surface area contributed by atoms with Gasteiger partial charge in [0.1, 0.15) is 0 Å². The van der Waals surface area contributed by atoms with E-state index in [1.54, 1.807) is 0 Å². The van der Waals surface area contributed by atoms with Gasteiger partial charge in [-0.1, -0.05) is 26.7 Å². The fourth-order valence-electron chi connectivity index (χ4n) is 3.48. The molecule has 2 rings (SSSR count). The van der Waals surface area contributed by atoms with Gasteiger partial charge in [0.05, 0.1) is 0 Å². The lowest BCUT2D eigenvalue weighted by molar-refractivity contribution is 0.323. The first kappa shape index (κ1) is 12.4. The number of hydrogen-bond acceptors (Lipinski definition) is 2. The van der Waals surface area contributed by atoms with Gasteiger partial charge in [-0.25, -0.2) is 0 Å². The Morgan fingerprint density at radius 2 is 2.06 bits per heavy atom. The minimum atomic E-state index is 0.834. The highest BCUT2D eigenvalue weighted by atomic mass is 15.1. The van der Waals surface area contributed by atoms with Crippen LogP contribution >= 0.6 is 0 Å². The van der Waals surface area contributed by atoms with Crippen LogP contribution < -0.4 is 5.32 Å². The molecule has 1 heterocycles. The standard InChI is InChI=1S/C14H28N2/c1-3-13-6-5-7-14(13)15-10-12-8-9-16(4-2)11-12/h12-15H,3-11H2,1-2H3. The van der Waals surface area contributed by atoms with E-state index in [1.165, 1.54) is 58.3 Å². The quantitative estimate of drug-likeness (QED) is 0.772. The van der Waals surface area contributed by atoms with Gasteiger partial charge >= 0.3 is 0 Å². The maximum atomic E-state index is 3.84. The van der Waals surface area contributed by atoms with Crippen LogP contribution in [0, 0.1) is 11.8 Å². The average molecular weight is 224 g/mol. The van der Waals surface area contributed by atoms with Crippen molar-refractivity contribution in [2.45, 2.75) is 52.0 Å². The number of hydrogen-bond donors (Lipinski definition) is 1. The lowest BCUT2D eigenvalue weighted by Gasteiger charge is -2.22. The van der Waals surface area contributed by atoms with Crippen LogP contribution in [0.4, 0.5) is 0 Å². The van der Waals surface area contributed by atoms with Gasteiger partial charge in [0.25, 0.3) is 0 Å². The van der Waals surface area contributed by atoms with E-state index >= 15 is 0 Å². The van der Waals surface area contributed by atoms with Crippen molar-refractivity contribution in [2.24, 2.45) is 11.8 Å². The van der Waals surface area contributed by atoms with E-state index in [0.29, 0.717) is 0 Å². The first-order chi connectivity index (χ1) is 7.83. The zero-order chi connectivity index (χ0) is 11.4. The summed E-state index contributed by atoms with van der Waals surface area (Å²) >= 11 is 0. The van der Waals surface area contributed by atoms with Crippen LogP contribution in [0.2, 0.25) is 0 Å². The third kappa shape index (κ3) is 2.98. The highest BCUT2D eigenvalue weighted by Gasteiger charge is 2.27.